The van der Waals surface area contributed by atoms with Crippen LogP contribution in [0.2, 0.25) is 0 Å². The van der Waals surface area contributed by atoms with Crippen LogP contribution in [0.25, 0.3) is 0 Å². The van der Waals surface area contributed by atoms with Crippen molar-refractivity contribution in [2.75, 3.05) is 20.2 Å². The Hall–Kier alpha value is -2.43. The van der Waals surface area contributed by atoms with Crippen LogP contribution in [0.5, 0.6) is 5.75 Å². The largest absolute Gasteiger partial charge is 0.492 e. The van der Waals surface area contributed by atoms with E-state index in [0.717, 1.165) is 11.3 Å². The molecule has 0 fully saturated rings. The molecule has 0 aliphatic carbocycles. The van der Waals surface area contributed by atoms with E-state index in [1.165, 1.54) is 23.1 Å². The summed E-state index contributed by atoms with van der Waals surface area (Å²) in [6, 6.07) is 11.8. The number of carbonyl (C=O) groups excluding carboxylic acids is 1. The van der Waals surface area contributed by atoms with Crippen molar-refractivity contribution in [3.8, 4) is 5.75 Å². The number of nitrogens with zero attached hydrogens (tertiary/aromatic N) is 2. The summed E-state index contributed by atoms with van der Waals surface area (Å²) in [7, 11) is 1.63. The van der Waals surface area contributed by atoms with E-state index in [1.807, 2.05) is 31.2 Å². The highest BCUT2D eigenvalue weighted by Crippen LogP contribution is 2.11. The molecular formula is C16H17FN2O2. The van der Waals surface area contributed by atoms with Gasteiger partial charge in [0.1, 0.15) is 18.1 Å². The van der Waals surface area contributed by atoms with Crippen LogP contribution in [0, 0.1) is 12.9 Å². The Morgan fingerprint density at radius 1 is 1.24 bits per heavy atom. The van der Waals surface area contributed by atoms with Gasteiger partial charge < -0.3 is 9.64 Å². The minimum Gasteiger partial charge on any atom is -0.492 e. The Labute approximate surface area is 123 Å². The number of amides is 1. The molecule has 1 amide bonds. The molecule has 0 aliphatic rings. The summed E-state index contributed by atoms with van der Waals surface area (Å²) in [5.41, 5.74) is 1.25. The minimum atomic E-state index is -0.662. The summed E-state index contributed by atoms with van der Waals surface area (Å²) in [4.78, 5) is 17.1. The average molecular weight is 288 g/mol. The maximum atomic E-state index is 13.0. The first-order valence-corrected chi connectivity index (χ1v) is 6.64. The lowest BCUT2D eigenvalue weighted by Gasteiger charge is -2.17. The quantitative estimate of drug-likeness (QED) is 0.794. The van der Waals surface area contributed by atoms with Gasteiger partial charge in [-0.25, -0.2) is 4.98 Å². The van der Waals surface area contributed by atoms with Crippen LogP contribution in [0.15, 0.2) is 42.5 Å². The molecule has 0 saturated heterocycles. The van der Waals surface area contributed by atoms with Crippen molar-refractivity contribution in [3.05, 3.63) is 59.7 Å². The molecule has 0 radical (unpaired) electrons. The molecular weight excluding hydrogens is 271 g/mol. The predicted octanol–water partition coefficient (Wildman–Crippen LogP) is 2.68. The van der Waals surface area contributed by atoms with E-state index in [-0.39, 0.29) is 11.6 Å². The van der Waals surface area contributed by atoms with Crippen molar-refractivity contribution in [3.63, 3.8) is 0 Å². The molecule has 1 aromatic carbocycles. The maximum Gasteiger partial charge on any atom is 0.272 e. The summed E-state index contributed by atoms with van der Waals surface area (Å²) in [5, 5.41) is 0. The Morgan fingerprint density at radius 3 is 2.62 bits per heavy atom. The van der Waals surface area contributed by atoms with E-state index in [0.29, 0.717) is 13.2 Å². The number of halogens is 1. The minimum absolute atomic E-state index is 0.0906. The second-order valence-corrected chi connectivity index (χ2v) is 4.73. The molecule has 0 bridgehead atoms. The third-order valence-corrected chi connectivity index (χ3v) is 3.00. The van der Waals surface area contributed by atoms with Crippen molar-refractivity contribution >= 4 is 5.91 Å². The molecule has 0 atom stereocenters. The third kappa shape index (κ3) is 4.27. The SMILES string of the molecule is Cc1ccc(OCCN(C)C(=O)c2cccc(F)n2)cc1. The van der Waals surface area contributed by atoms with Crippen molar-refractivity contribution in [1.82, 2.24) is 9.88 Å². The van der Waals surface area contributed by atoms with Gasteiger partial charge in [0.05, 0.1) is 6.54 Å². The van der Waals surface area contributed by atoms with Gasteiger partial charge in [0.2, 0.25) is 5.95 Å². The maximum absolute atomic E-state index is 13.0. The Kier molecular flexibility index (Phi) is 4.87. The molecule has 0 N–H and O–H groups in total. The number of pyridine rings is 1. The van der Waals surface area contributed by atoms with Gasteiger partial charge in [-0.2, -0.15) is 4.39 Å². The molecule has 0 aliphatic heterocycles. The number of likely N-dealkylation sites (N-methyl/N-ethyl adjacent to an activating group) is 1. The fourth-order valence-corrected chi connectivity index (χ4v) is 1.76. The lowest BCUT2D eigenvalue weighted by atomic mass is 10.2. The summed E-state index contributed by atoms with van der Waals surface area (Å²) in [5.74, 6) is -0.238. The molecule has 1 aromatic heterocycles. The van der Waals surface area contributed by atoms with Gasteiger partial charge in [-0.1, -0.05) is 23.8 Å². The first-order valence-electron chi connectivity index (χ1n) is 6.64. The number of ether oxygens (including phenoxy) is 1. The number of aromatic nitrogens is 1. The molecule has 110 valence electrons. The van der Waals surface area contributed by atoms with Crippen LogP contribution in [-0.2, 0) is 0 Å². The molecule has 5 heteroatoms. The van der Waals surface area contributed by atoms with Crippen molar-refractivity contribution in [2.45, 2.75) is 6.92 Å². The predicted molar refractivity (Wildman–Crippen MR) is 77.8 cm³/mol. The highest BCUT2D eigenvalue weighted by atomic mass is 19.1. The Balaban J connectivity index is 1.85. The standard InChI is InChI=1S/C16H17FN2O2/c1-12-6-8-13(9-7-12)21-11-10-19(2)16(20)14-4-3-5-15(17)18-14/h3-9H,10-11H2,1-2H3. The van der Waals surface area contributed by atoms with Crippen LogP contribution in [0.3, 0.4) is 0 Å². The highest BCUT2D eigenvalue weighted by molar-refractivity contribution is 5.92. The lowest BCUT2D eigenvalue weighted by Crippen LogP contribution is -2.31. The fourth-order valence-electron chi connectivity index (χ4n) is 1.76. The van der Waals surface area contributed by atoms with Crippen LogP contribution < -0.4 is 4.74 Å². The zero-order valence-corrected chi connectivity index (χ0v) is 12.0. The van der Waals surface area contributed by atoms with Crippen LogP contribution in [-0.4, -0.2) is 36.0 Å². The number of hydrogen-bond donors (Lipinski definition) is 0. The fraction of sp³-hybridized carbons (Fsp3) is 0.250. The normalized spacial score (nSPS) is 10.2. The lowest BCUT2D eigenvalue weighted by molar-refractivity contribution is 0.0766. The van der Waals surface area contributed by atoms with E-state index >= 15 is 0 Å². The average Bonchev–Trinajstić information content (AvgIpc) is 2.48. The van der Waals surface area contributed by atoms with E-state index in [9.17, 15) is 9.18 Å². The molecule has 2 aromatic rings. The highest BCUT2D eigenvalue weighted by Gasteiger charge is 2.13. The summed E-state index contributed by atoms with van der Waals surface area (Å²) >= 11 is 0. The zero-order valence-electron chi connectivity index (χ0n) is 12.0. The molecule has 21 heavy (non-hydrogen) atoms. The Bertz CT molecular complexity index is 614. The summed E-state index contributed by atoms with van der Waals surface area (Å²) < 4.78 is 18.5. The van der Waals surface area contributed by atoms with Gasteiger partial charge in [0, 0.05) is 7.05 Å². The topological polar surface area (TPSA) is 42.4 Å². The first kappa shape index (κ1) is 15.0. The second-order valence-electron chi connectivity index (χ2n) is 4.73. The van der Waals surface area contributed by atoms with Crippen LogP contribution in [0.4, 0.5) is 4.39 Å². The van der Waals surface area contributed by atoms with Gasteiger partial charge in [0.15, 0.2) is 0 Å². The van der Waals surface area contributed by atoms with E-state index < -0.39 is 5.95 Å². The molecule has 0 saturated carbocycles. The summed E-state index contributed by atoms with van der Waals surface area (Å²) in [6.45, 7) is 2.76. The van der Waals surface area contributed by atoms with E-state index in [1.54, 1.807) is 7.05 Å². The zero-order chi connectivity index (χ0) is 15.2. The summed E-state index contributed by atoms with van der Waals surface area (Å²) in [6.07, 6.45) is 0. The van der Waals surface area contributed by atoms with Gasteiger partial charge in [-0.3, -0.25) is 4.79 Å². The number of aryl methyl sites for hydroxylation is 1. The van der Waals surface area contributed by atoms with Crippen LogP contribution >= 0.6 is 0 Å². The van der Waals surface area contributed by atoms with Crippen molar-refractivity contribution < 1.29 is 13.9 Å². The smallest absolute Gasteiger partial charge is 0.272 e. The second kappa shape index (κ2) is 6.83. The van der Waals surface area contributed by atoms with Crippen molar-refractivity contribution in [2.24, 2.45) is 0 Å². The molecule has 0 unspecified atom stereocenters. The monoisotopic (exact) mass is 288 g/mol. The number of carbonyl (C=O) groups is 1. The Morgan fingerprint density at radius 2 is 1.95 bits per heavy atom. The van der Waals surface area contributed by atoms with Crippen molar-refractivity contribution in [1.29, 1.82) is 0 Å². The third-order valence-electron chi connectivity index (χ3n) is 3.00. The van der Waals surface area contributed by atoms with Gasteiger partial charge in [-0.05, 0) is 31.2 Å². The molecule has 2 rings (SSSR count). The number of hydrogen-bond acceptors (Lipinski definition) is 3. The van der Waals surface area contributed by atoms with E-state index in [2.05, 4.69) is 4.98 Å². The van der Waals surface area contributed by atoms with Gasteiger partial charge in [-0.15, -0.1) is 0 Å². The van der Waals surface area contributed by atoms with Gasteiger partial charge in [0.25, 0.3) is 5.91 Å². The number of rotatable bonds is 5. The van der Waals surface area contributed by atoms with Crippen LogP contribution in [0.1, 0.15) is 16.1 Å². The molecule has 4 nitrogen and oxygen atoms in total. The first-order chi connectivity index (χ1) is 10.1. The van der Waals surface area contributed by atoms with E-state index in [4.69, 9.17) is 4.74 Å². The van der Waals surface area contributed by atoms with Gasteiger partial charge >= 0.3 is 0 Å². The molecule has 0 spiro atoms. The number of benzene rings is 1. The molecule has 1 heterocycles.